The van der Waals surface area contributed by atoms with E-state index in [1.807, 2.05) is 13.0 Å². The van der Waals surface area contributed by atoms with Crippen molar-refractivity contribution in [2.75, 3.05) is 6.54 Å². The van der Waals surface area contributed by atoms with E-state index in [2.05, 4.69) is 5.16 Å². The maximum Gasteiger partial charge on any atom is 0.223 e. The number of amides is 1. The predicted octanol–water partition coefficient (Wildman–Crippen LogP) is 3.56. The number of rotatable bonds is 4. The van der Waals surface area contributed by atoms with Gasteiger partial charge < -0.3 is 9.42 Å². The number of benzene rings is 1. The van der Waals surface area contributed by atoms with Crippen LogP contribution in [0.5, 0.6) is 0 Å². The fraction of sp³-hybridized carbons (Fsp3) is 0.412. The van der Waals surface area contributed by atoms with Crippen LogP contribution in [0, 0.1) is 18.6 Å². The monoisotopic (exact) mass is 320 g/mol. The van der Waals surface area contributed by atoms with Crippen LogP contribution in [-0.2, 0) is 11.2 Å². The number of hydrogen-bond donors (Lipinski definition) is 0. The third-order valence-corrected chi connectivity index (χ3v) is 4.16. The Morgan fingerprint density at radius 2 is 2.22 bits per heavy atom. The Labute approximate surface area is 133 Å². The van der Waals surface area contributed by atoms with Gasteiger partial charge in [-0.15, -0.1) is 0 Å². The van der Waals surface area contributed by atoms with Gasteiger partial charge in [0, 0.05) is 19.0 Å². The molecule has 1 saturated heterocycles. The minimum Gasteiger partial charge on any atom is -0.359 e. The van der Waals surface area contributed by atoms with Crippen LogP contribution in [0.25, 0.3) is 0 Å². The zero-order valence-electron chi connectivity index (χ0n) is 12.9. The van der Waals surface area contributed by atoms with Crippen molar-refractivity contribution in [2.45, 2.75) is 38.6 Å². The average molecular weight is 320 g/mol. The average Bonchev–Trinajstić information content (AvgIpc) is 3.16. The first-order valence-electron chi connectivity index (χ1n) is 7.71. The molecule has 2 heterocycles. The van der Waals surface area contributed by atoms with Gasteiger partial charge in [-0.25, -0.2) is 8.78 Å². The van der Waals surface area contributed by atoms with Gasteiger partial charge in [-0.05, 0) is 49.9 Å². The largest absolute Gasteiger partial charge is 0.359 e. The minimum absolute atomic E-state index is 0.0785. The third-order valence-electron chi connectivity index (χ3n) is 4.16. The number of aromatic nitrogens is 1. The summed E-state index contributed by atoms with van der Waals surface area (Å²) in [5.41, 5.74) is 1.01. The topological polar surface area (TPSA) is 46.3 Å². The second kappa shape index (κ2) is 6.48. The van der Waals surface area contributed by atoms with Crippen LogP contribution >= 0.6 is 0 Å². The lowest BCUT2D eigenvalue weighted by Gasteiger charge is -2.22. The summed E-state index contributed by atoms with van der Waals surface area (Å²) in [5, 5.41) is 3.87. The van der Waals surface area contributed by atoms with Crippen molar-refractivity contribution in [3.63, 3.8) is 0 Å². The van der Waals surface area contributed by atoms with Gasteiger partial charge in [0.05, 0.1) is 11.7 Å². The SMILES string of the molecule is Cc1cc(C2CCCN2C(=O)CCc2cc(F)ccc2F)on1. The van der Waals surface area contributed by atoms with Crippen molar-refractivity contribution in [1.29, 1.82) is 0 Å². The summed E-state index contributed by atoms with van der Waals surface area (Å²) in [7, 11) is 0. The molecule has 1 atom stereocenters. The molecule has 3 rings (SSSR count). The molecule has 1 aromatic carbocycles. The van der Waals surface area contributed by atoms with E-state index in [9.17, 15) is 13.6 Å². The molecule has 0 bridgehead atoms. The number of carbonyl (C=O) groups excluding carboxylic acids is 1. The lowest BCUT2D eigenvalue weighted by Crippen LogP contribution is -2.30. The van der Waals surface area contributed by atoms with Gasteiger partial charge in [-0.1, -0.05) is 5.16 Å². The fourth-order valence-corrected chi connectivity index (χ4v) is 3.02. The summed E-state index contributed by atoms with van der Waals surface area (Å²) in [6.45, 7) is 2.48. The van der Waals surface area contributed by atoms with Crippen LogP contribution in [0.2, 0.25) is 0 Å². The molecule has 1 fully saturated rings. The molecule has 122 valence electrons. The summed E-state index contributed by atoms with van der Waals surface area (Å²) in [5.74, 6) is -0.372. The molecular formula is C17H18F2N2O2. The summed E-state index contributed by atoms with van der Waals surface area (Å²) in [6.07, 6.45) is 2.05. The highest BCUT2D eigenvalue weighted by molar-refractivity contribution is 5.77. The van der Waals surface area contributed by atoms with Gasteiger partial charge >= 0.3 is 0 Å². The molecule has 1 aliphatic heterocycles. The van der Waals surface area contributed by atoms with Crippen molar-refractivity contribution in [1.82, 2.24) is 10.1 Å². The first-order chi connectivity index (χ1) is 11.0. The molecule has 0 aliphatic carbocycles. The maximum absolute atomic E-state index is 13.6. The van der Waals surface area contributed by atoms with Crippen LogP contribution in [-0.4, -0.2) is 22.5 Å². The fourth-order valence-electron chi connectivity index (χ4n) is 3.02. The van der Waals surface area contributed by atoms with Crippen LogP contribution in [0.3, 0.4) is 0 Å². The van der Waals surface area contributed by atoms with Crippen LogP contribution in [0.15, 0.2) is 28.8 Å². The van der Waals surface area contributed by atoms with Crippen molar-refractivity contribution >= 4 is 5.91 Å². The standard InChI is InChI=1S/C17H18F2N2O2/c1-11-9-16(23-20-11)15-3-2-8-21(15)17(22)7-4-12-10-13(18)5-6-14(12)19/h5-6,9-10,15H,2-4,7-8H2,1H3. The number of hydrogen-bond acceptors (Lipinski definition) is 3. The number of carbonyl (C=O) groups is 1. The molecule has 6 heteroatoms. The van der Waals surface area contributed by atoms with Gasteiger partial charge in [0.25, 0.3) is 0 Å². The van der Waals surface area contributed by atoms with Crippen LogP contribution < -0.4 is 0 Å². The first-order valence-corrected chi connectivity index (χ1v) is 7.71. The maximum atomic E-state index is 13.6. The zero-order chi connectivity index (χ0) is 16.4. The summed E-state index contributed by atoms with van der Waals surface area (Å²) >= 11 is 0. The second-order valence-electron chi connectivity index (χ2n) is 5.85. The Kier molecular flexibility index (Phi) is 4.41. The Bertz CT molecular complexity index is 714. The Morgan fingerprint density at radius 1 is 1.39 bits per heavy atom. The molecule has 23 heavy (non-hydrogen) atoms. The quantitative estimate of drug-likeness (QED) is 0.865. The van der Waals surface area contributed by atoms with Crippen molar-refractivity contribution in [2.24, 2.45) is 0 Å². The van der Waals surface area contributed by atoms with E-state index >= 15 is 0 Å². The van der Waals surface area contributed by atoms with E-state index in [-0.39, 0.29) is 30.4 Å². The van der Waals surface area contributed by atoms with Crippen molar-refractivity contribution in [3.8, 4) is 0 Å². The molecule has 0 N–H and O–H groups in total. The summed E-state index contributed by atoms with van der Waals surface area (Å²) in [4.78, 5) is 14.2. The predicted molar refractivity (Wildman–Crippen MR) is 79.6 cm³/mol. The molecule has 0 spiro atoms. The molecule has 2 aromatic rings. The number of halogens is 2. The summed E-state index contributed by atoms with van der Waals surface area (Å²) < 4.78 is 32.1. The smallest absolute Gasteiger partial charge is 0.223 e. The molecular weight excluding hydrogens is 302 g/mol. The molecule has 1 amide bonds. The van der Waals surface area contributed by atoms with E-state index < -0.39 is 11.6 Å². The number of likely N-dealkylation sites (tertiary alicyclic amines) is 1. The second-order valence-corrected chi connectivity index (χ2v) is 5.85. The molecule has 1 aromatic heterocycles. The highest BCUT2D eigenvalue weighted by Gasteiger charge is 2.32. The van der Waals surface area contributed by atoms with E-state index in [1.54, 1.807) is 4.90 Å². The molecule has 1 unspecified atom stereocenters. The van der Waals surface area contributed by atoms with Crippen LogP contribution in [0.1, 0.15) is 42.3 Å². The Hall–Kier alpha value is -2.24. The molecule has 0 radical (unpaired) electrons. The van der Waals surface area contributed by atoms with E-state index in [0.29, 0.717) is 12.3 Å². The molecule has 1 aliphatic rings. The Morgan fingerprint density at radius 3 is 2.96 bits per heavy atom. The van der Waals surface area contributed by atoms with Crippen LogP contribution in [0.4, 0.5) is 8.78 Å². The van der Waals surface area contributed by atoms with E-state index in [1.165, 1.54) is 0 Å². The van der Waals surface area contributed by atoms with Crippen molar-refractivity contribution < 1.29 is 18.1 Å². The first kappa shape index (κ1) is 15.6. The molecule has 0 saturated carbocycles. The van der Waals surface area contributed by atoms with Gasteiger partial charge in [-0.2, -0.15) is 0 Å². The number of aryl methyl sites for hydroxylation is 2. The van der Waals surface area contributed by atoms with Crippen molar-refractivity contribution in [3.05, 3.63) is 52.9 Å². The summed E-state index contributed by atoms with van der Waals surface area (Å²) in [6, 6.07) is 5.03. The lowest BCUT2D eigenvalue weighted by atomic mass is 10.1. The lowest BCUT2D eigenvalue weighted by molar-refractivity contribution is -0.132. The highest BCUT2D eigenvalue weighted by atomic mass is 19.1. The zero-order valence-corrected chi connectivity index (χ0v) is 12.9. The minimum atomic E-state index is -0.495. The third kappa shape index (κ3) is 3.41. The number of nitrogens with zero attached hydrogens (tertiary/aromatic N) is 2. The highest BCUT2D eigenvalue weighted by Crippen LogP contribution is 2.32. The van der Waals surface area contributed by atoms with Gasteiger partial charge in [0.15, 0.2) is 5.76 Å². The van der Waals surface area contributed by atoms with E-state index in [0.717, 1.165) is 36.7 Å². The molecule has 4 nitrogen and oxygen atoms in total. The van der Waals surface area contributed by atoms with Gasteiger partial charge in [0.1, 0.15) is 11.6 Å². The van der Waals surface area contributed by atoms with Gasteiger partial charge in [-0.3, -0.25) is 4.79 Å². The Balaban J connectivity index is 1.66. The normalized spacial score (nSPS) is 17.7. The van der Waals surface area contributed by atoms with E-state index in [4.69, 9.17) is 4.52 Å². The van der Waals surface area contributed by atoms with Gasteiger partial charge in [0.2, 0.25) is 5.91 Å².